The molecule has 0 N–H and O–H groups in total. The largest absolute Gasteiger partial charge is 0.466 e. The number of esters is 3. The molecule has 1 aromatic rings. The predicted octanol–water partition coefficient (Wildman–Crippen LogP) is 2.02. The highest BCUT2D eigenvalue weighted by Crippen LogP contribution is 2.17. The van der Waals surface area contributed by atoms with E-state index in [0.29, 0.717) is 5.56 Å². The molecule has 0 radical (unpaired) electrons. The lowest BCUT2D eigenvalue weighted by Crippen LogP contribution is -2.19. The maximum atomic E-state index is 12.4. The summed E-state index contributed by atoms with van der Waals surface area (Å²) in [6.07, 6.45) is 1.73. The predicted molar refractivity (Wildman–Crippen MR) is 92.2 cm³/mol. The highest BCUT2D eigenvalue weighted by Gasteiger charge is 2.26. The van der Waals surface area contributed by atoms with Crippen LogP contribution in [0.5, 0.6) is 0 Å². The molecule has 0 saturated carbocycles. The number of carbonyl (C=O) groups is 4. The Morgan fingerprint density at radius 1 is 0.846 bits per heavy atom. The van der Waals surface area contributed by atoms with Gasteiger partial charge in [-0.1, -0.05) is 30.3 Å². The van der Waals surface area contributed by atoms with E-state index in [-0.39, 0.29) is 18.8 Å². The Morgan fingerprint density at radius 2 is 1.35 bits per heavy atom. The molecule has 0 amide bonds. The smallest absolute Gasteiger partial charge is 0.339 e. The second-order valence-electron chi connectivity index (χ2n) is 4.81. The average Bonchev–Trinajstić information content (AvgIpc) is 2.65. The van der Waals surface area contributed by atoms with Crippen LogP contribution in [0.1, 0.15) is 24.2 Å². The van der Waals surface area contributed by atoms with Crippen LogP contribution in [-0.4, -0.2) is 44.0 Å². The van der Waals surface area contributed by atoms with Crippen LogP contribution in [0.25, 0.3) is 0 Å². The van der Waals surface area contributed by atoms with E-state index in [2.05, 4.69) is 4.74 Å². The molecule has 1 rings (SSSR count). The van der Waals surface area contributed by atoms with E-state index in [1.807, 2.05) is 0 Å². The monoisotopic (exact) mass is 360 g/mol. The number of allylic oxidation sites excluding steroid dienone is 1. The number of rotatable bonds is 8. The lowest BCUT2D eigenvalue weighted by molar-refractivity contribution is -0.142. The Kier molecular flexibility index (Phi) is 8.49. The van der Waals surface area contributed by atoms with Crippen molar-refractivity contribution in [3.8, 4) is 0 Å². The van der Waals surface area contributed by atoms with Gasteiger partial charge in [0.1, 0.15) is 0 Å². The number of methoxy groups -OCH3 is 1. The first kappa shape index (κ1) is 20.8. The van der Waals surface area contributed by atoms with Crippen molar-refractivity contribution in [1.29, 1.82) is 0 Å². The van der Waals surface area contributed by atoms with Gasteiger partial charge >= 0.3 is 17.9 Å². The lowest BCUT2D eigenvalue weighted by atomic mass is 10.0. The minimum absolute atomic E-state index is 0.0140. The lowest BCUT2D eigenvalue weighted by Gasteiger charge is -2.10. The third-order valence-corrected chi connectivity index (χ3v) is 3.08. The molecule has 0 spiro atoms. The van der Waals surface area contributed by atoms with Gasteiger partial charge in [-0.15, -0.1) is 0 Å². The average molecular weight is 360 g/mol. The Labute approximate surface area is 151 Å². The molecular weight excluding hydrogens is 340 g/mol. The van der Waals surface area contributed by atoms with Crippen molar-refractivity contribution in [1.82, 2.24) is 0 Å². The van der Waals surface area contributed by atoms with Gasteiger partial charge in [-0.2, -0.15) is 0 Å². The highest BCUT2D eigenvalue weighted by atomic mass is 16.5. The standard InChI is InChI=1S/C19H20O7/c1-4-25-18(22)14(11-16(20)13-9-7-6-8-10-13)15(12-17(21)24-3)19(23)26-5-2/h6-12H,4-5H2,1-3H3/b14-11-,15-12-. The van der Waals surface area contributed by atoms with Crippen LogP contribution in [0.15, 0.2) is 53.6 Å². The molecule has 7 nitrogen and oxygen atoms in total. The van der Waals surface area contributed by atoms with E-state index >= 15 is 0 Å². The molecule has 26 heavy (non-hydrogen) atoms. The number of ketones is 1. The van der Waals surface area contributed by atoms with Crippen LogP contribution in [-0.2, 0) is 28.6 Å². The maximum absolute atomic E-state index is 12.4. The van der Waals surface area contributed by atoms with E-state index in [0.717, 1.165) is 19.3 Å². The quantitative estimate of drug-likeness (QED) is 0.230. The molecule has 0 fully saturated rings. The van der Waals surface area contributed by atoms with Gasteiger partial charge in [0, 0.05) is 17.7 Å². The number of benzene rings is 1. The van der Waals surface area contributed by atoms with Crippen molar-refractivity contribution in [2.24, 2.45) is 0 Å². The Hall–Kier alpha value is -3.22. The van der Waals surface area contributed by atoms with Crippen LogP contribution in [0.4, 0.5) is 0 Å². The molecule has 0 aliphatic rings. The van der Waals surface area contributed by atoms with Crippen molar-refractivity contribution in [2.75, 3.05) is 20.3 Å². The zero-order valence-corrected chi connectivity index (χ0v) is 14.8. The third-order valence-electron chi connectivity index (χ3n) is 3.08. The third kappa shape index (κ3) is 6.01. The molecule has 0 atom stereocenters. The van der Waals surface area contributed by atoms with E-state index < -0.39 is 29.3 Å². The van der Waals surface area contributed by atoms with Crippen LogP contribution in [0.3, 0.4) is 0 Å². The molecule has 7 heteroatoms. The second-order valence-corrected chi connectivity index (χ2v) is 4.81. The first-order chi connectivity index (χ1) is 12.4. The fourth-order valence-corrected chi connectivity index (χ4v) is 1.90. The first-order valence-electron chi connectivity index (χ1n) is 7.89. The van der Waals surface area contributed by atoms with Crippen molar-refractivity contribution in [3.63, 3.8) is 0 Å². The molecule has 0 saturated heterocycles. The van der Waals surface area contributed by atoms with Gasteiger partial charge in [-0.05, 0) is 13.8 Å². The SMILES string of the molecule is CCOC(=O)C(=C\C(=O)OC)/C(=C/C(=O)c1ccccc1)C(=O)OCC. The minimum atomic E-state index is -0.946. The van der Waals surface area contributed by atoms with Crippen molar-refractivity contribution in [3.05, 3.63) is 59.2 Å². The second kappa shape index (κ2) is 10.6. The topological polar surface area (TPSA) is 96.0 Å². The van der Waals surface area contributed by atoms with Crippen LogP contribution < -0.4 is 0 Å². The summed E-state index contributed by atoms with van der Waals surface area (Å²) >= 11 is 0. The molecule has 0 aromatic heterocycles. The van der Waals surface area contributed by atoms with Gasteiger partial charge in [0.15, 0.2) is 5.78 Å². The molecule has 138 valence electrons. The fraction of sp³-hybridized carbons (Fsp3) is 0.263. The molecule has 0 unspecified atom stereocenters. The molecular formula is C19H20O7. The summed E-state index contributed by atoms with van der Waals surface area (Å²) in [5.41, 5.74) is -0.499. The Bertz CT molecular complexity index is 730. The van der Waals surface area contributed by atoms with Crippen LogP contribution in [0.2, 0.25) is 0 Å². The summed E-state index contributed by atoms with van der Waals surface area (Å²) in [6.45, 7) is 3.17. The Balaban J connectivity index is 3.44. The zero-order valence-electron chi connectivity index (χ0n) is 14.8. The number of hydrogen-bond acceptors (Lipinski definition) is 7. The normalized spacial score (nSPS) is 11.5. The molecule has 1 aromatic carbocycles. The minimum Gasteiger partial charge on any atom is -0.466 e. The summed E-state index contributed by atoms with van der Waals surface area (Å²) in [5, 5.41) is 0. The van der Waals surface area contributed by atoms with Gasteiger partial charge in [0.05, 0.1) is 31.5 Å². The van der Waals surface area contributed by atoms with Gasteiger partial charge in [-0.25, -0.2) is 14.4 Å². The summed E-state index contributed by atoms with van der Waals surface area (Å²) in [7, 11) is 1.12. The summed E-state index contributed by atoms with van der Waals surface area (Å²) in [5.74, 6) is -3.29. The highest BCUT2D eigenvalue weighted by molar-refractivity contribution is 6.16. The van der Waals surface area contributed by atoms with E-state index in [1.54, 1.807) is 44.2 Å². The van der Waals surface area contributed by atoms with Crippen LogP contribution in [0, 0.1) is 0 Å². The molecule has 0 bridgehead atoms. The van der Waals surface area contributed by atoms with E-state index in [4.69, 9.17) is 9.47 Å². The van der Waals surface area contributed by atoms with Gasteiger partial charge in [0.2, 0.25) is 0 Å². The summed E-state index contributed by atoms with van der Waals surface area (Å²) in [6, 6.07) is 8.14. The number of ether oxygens (including phenoxy) is 3. The Morgan fingerprint density at radius 3 is 1.81 bits per heavy atom. The molecule has 0 aliphatic carbocycles. The maximum Gasteiger partial charge on any atom is 0.339 e. The summed E-state index contributed by atoms with van der Waals surface area (Å²) in [4.78, 5) is 48.5. The number of hydrogen-bond donors (Lipinski definition) is 0. The van der Waals surface area contributed by atoms with Gasteiger partial charge < -0.3 is 14.2 Å². The molecule has 0 heterocycles. The number of carbonyl (C=O) groups excluding carboxylic acids is 4. The zero-order chi connectivity index (χ0) is 19.5. The van der Waals surface area contributed by atoms with Gasteiger partial charge in [-0.3, -0.25) is 4.79 Å². The van der Waals surface area contributed by atoms with Crippen molar-refractivity contribution >= 4 is 23.7 Å². The van der Waals surface area contributed by atoms with E-state index in [1.165, 1.54) is 0 Å². The molecule has 0 aliphatic heterocycles. The van der Waals surface area contributed by atoms with Crippen molar-refractivity contribution < 1.29 is 33.4 Å². The van der Waals surface area contributed by atoms with Gasteiger partial charge in [0.25, 0.3) is 0 Å². The fourth-order valence-electron chi connectivity index (χ4n) is 1.90. The van der Waals surface area contributed by atoms with Crippen molar-refractivity contribution in [2.45, 2.75) is 13.8 Å². The first-order valence-corrected chi connectivity index (χ1v) is 7.89. The van der Waals surface area contributed by atoms with Crippen LogP contribution >= 0.6 is 0 Å². The summed E-state index contributed by atoms with van der Waals surface area (Å²) < 4.78 is 14.3. The van der Waals surface area contributed by atoms with E-state index in [9.17, 15) is 19.2 Å².